The van der Waals surface area contributed by atoms with Gasteiger partial charge in [-0.1, -0.05) is 0 Å². The SMILES string of the molecule is Nc1ncnc2c1ncn2[C@@H]1O[C@H](CO)[C@@H](O)[C@H]1O.O=P([O-])(O)OP(=O)(O)O.[Na+]. The molecule has 29 heavy (non-hydrogen) atoms. The van der Waals surface area contributed by atoms with Crippen LogP contribution in [0.15, 0.2) is 12.7 Å². The Hall–Kier alpha value is -0.550. The van der Waals surface area contributed by atoms with Crippen molar-refractivity contribution in [1.29, 1.82) is 0 Å². The maximum Gasteiger partial charge on any atom is 1.00 e. The van der Waals surface area contributed by atoms with Crippen molar-refractivity contribution in [3.05, 3.63) is 12.7 Å². The average Bonchev–Trinajstić information content (AvgIpc) is 3.08. The molecule has 0 amide bonds. The first kappa shape index (κ1) is 26.5. The van der Waals surface area contributed by atoms with E-state index in [-0.39, 0.29) is 35.4 Å². The monoisotopic (exact) mass is 467 g/mol. The Kier molecular flexibility index (Phi) is 9.29. The van der Waals surface area contributed by atoms with Crippen molar-refractivity contribution in [3.8, 4) is 0 Å². The molecule has 1 unspecified atom stereocenters. The predicted octanol–water partition coefficient (Wildman–Crippen LogP) is -6.42. The van der Waals surface area contributed by atoms with E-state index < -0.39 is 46.8 Å². The van der Waals surface area contributed by atoms with Gasteiger partial charge in [0.25, 0.3) is 7.82 Å². The second-order valence-corrected chi connectivity index (χ2v) is 7.92. The Labute approximate surface area is 184 Å². The fraction of sp³-hybridized carbons (Fsp3) is 0.500. The molecule has 8 N–H and O–H groups in total. The maximum absolute atomic E-state index is 9.95. The van der Waals surface area contributed by atoms with Crippen molar-refractivity contribution >= 4 is 32.6 Å². The molecule has 1 fully saturated rings. The van der Waals surface area contributed by atoms with E-state index in [0.717, 1.165) is 0 Å². The van der Waals surface area contributed by atoms with Crippen LogP contribution in [0.25, 0.3) is 11.2 Å². The molecular formula is C10H16N5NaO11P2. The van der Waals surface area contributed by atoms with E-state index >= 15 is 0 Å². The van der Waals surface area contributed by atoms with Gasteiger partial charge in [-0.2, -0.15) is 0 Å². The largest absolute Gasteiger partial charge is 1.00 e. The third kappa shape index (κ3) is 6.99. The molecule has 0 aliphatic carbocycles. The summed E-state index contributed by atoms with van der Waals surface area (Å²) in [5.41, 5.74) is 6.44. The minimum atomic E-state index is -5.30. The van der Waals surface area contributed by atoms with Crippen molar-refractivity contribution in [2.45, 2.75) is 24.5 Å². The topological polar surface area (TPSA) is 267 Å². The molecule has 0 bridgehead atoms. The van der Waals surface area contributed by atoms with Gasteiger partial charge >= 0.3 is 37.4 Å². The fourth-order valence-electron chi connectivity index (χ4n) is 2.30. The van der Waals surface area contributed by atoms with Crippen molar-refractivity contribution < 1.29 is 82.6 Å². The van der Waals surface area contributed by atoms with Gasteiger partial charge in [0.15, 0.2) is 17.7 Å². The standard InChI is InChI=1S/C10H13N5O4.Na.H4O7P2/c11-8-5-9(13-2-12-8)15(3-14-5)10-7(18)6(17)4(1-16)19-10;;1-8(2,3)7-9(4,5)6/h2-4,6-7,10,16-18H,1H2,(H2,11,12,13);;(H2,1,2,3)(H2,4,5,6)/q;+1;/p-1/t4-,6-,7-,10-;;/m1../s1. The number of hydrogen-bond acceptors (Lipinski definition) is 12. The average molecular weight is 467 g/mol. The Morgan fingerprint density at radius 3 is 2.28 bits per heavy atom. The van der Waals surface area contributed by atoms with Crippen LogP contribution in [0.2, 0.25) is 0 Å². The van der Waals surface area contributed by atoms with E-state index in [9.17, 15) is 24.2 Å². The number of rotatable bonds is 4. The summed E-state index contributed by atoms with van der Waals surface area (Å²) >= 11 is 0. The van der Waals surface area contributed by atoms with Crippen LogP contribution < -0.4 is 40.2 Å². The molecule has 1 aliphatic rings. The summed E-state index contributed by atoms with van der Waals surface area (Å²) < 4.78 is 28.8. The van der Waals surface area contributed by atoms with Crippen LogP contribution in [0.4, 0.5) is 5.82 Å². The number of hydrogen-bond donors (Lipinski definition) is 7. The first-order valence-corrected chi connectivity index (χ1v) is 10.2. The Balaban J connectivity index is 0.000000362. The molecule has 5 atom stereocenters. The van der Waals surface area contributed by atoms with Gasteiger partial charge in [-0.25, -0.2) is 23.8 Å². The van der Waals surface area contributed by atoms with Gasteiger partial charge in [-0.3, -0.25) is 9.13 Å². The molecule has 3 rings (SSSR count). The van der Waals surface area contributed by atoms with Crippen molar-refractivity contribution in [3.63, 3.8) is 0 Å². The number of aliphatic hydroxyl groups is 3. The number of anilines is 1. The maximum atomic E-state index is 9.95. The molecular weight excluding hydrogens is 451 g/mol. The Bertz CT molecular complexity index is 899. The number of nitrogens with two attached hydrogens (primary N) is 1. The van der Waals surface area contributed by atoms with Gasteiger partial charge < -0.3 is 45.4 Å². The predicted molar refractivity (Wildman–Crippen MR) is 85.7 cm³/mol. The summed E-state index contributed by atoms with van der Waals surface area (Å²) in [6.45, 7) is -0.390. The van der Waals surface area contributed by atoms with Crippen molar-refractivity contribution in [2.24, 2.45) is 0 Å². The number of aromatic nitrogens is 4. The number of nitrogen functional groups attached to an aromatic ring is 1. The van der Waals surface area contributed by atoms with Crippen LogP contribution in [-0.2, 0) is 18.2 Å². The van der Waals surface area contributed by atoms with E-state index in [0.29, 0.717) is 11.2 Å². The molecule has 158 valence electrons. The van der Waals surface area contributed by atoms with Crippen LogP contribution in [0.1, 0.15) is 6.23 Å². The number of nitrogens with zero attached hydrogens (tertiary/aromatic N) is 4. The van der Waals surface area contributed by atoms with E-state index in [1.807, 2.05) is 0 Å². The van der Waals surface area contributed by atoms with Gasteiger partial charge in [-0.05, 0) is 0 Å². The minimum Gasteiger partial charge on any atom is -0.756 e. The summed E-state index contributed by atoms with van der Waals surface area (Å²) in [6.07, 6.45) is -1.42. The quantitative estimate of drug-likeness (QED) is 0.163. The van der Waals surface area contributed by atoms with Gasteiger partial charge in [0.2, 0.25) is 0 Å². The Morgan fingerprint density at radius 1 is 1.21 bits per heavy atom. The summed E-state index contributed by atoms with van der Waals surface area (Å²) in [7, 11) is -10.4. The molecule has 0 radical (unpaired) electrons. The first-order valence-electron chi connectivity index (χ1n) is 7.20. The second kappa shape index (κ2) is 10.2. The van der Waals surface area contributed by atoms with Crippen LogP contribution in [0, 0.1) is 0 Å². The molecule has 0 spiro atoms. The van der Waals surface area contributed by atoms with Crippen LogP contribution in [0.5, 0.6) is 0 Å². The summed E-state index contributed by atoms with van der Waals surface area (Å²) in [6, 6.07) is 0. The third-order valence-electron chi connectivity index (χ3n) is 3.39. The van der Waals surface area contributed by atoms with Crippen molar-refractivity contribution in [1.82, 2.24) is 19.5 Å². The van der Waals surface area contributed by atoms with Crippen LogP contribution in [-0.4, -0.2) is 74.4 Å². The smallest absolute Gasteiger partial charge is 0.756 e. The molecule has 1 aliphatic heterocycles. The second-order valence-electron chi connectivity index (χ2n) is 5.35. The number of ether oxygens (including phenoxy) is 1. The normalized spacial score (nSPS) is 26.3. The number of phosphoric acid groups is 2. The van der Waals surface area contributed by atoms with Crippen LogP contribution in [0.3, 0.4) is 0 Å². The molecule has 2 aromatic rings. The molecule has 19 heteroatoms. The van der Waals surface area contributed by atoms with E-state index in [1.54, 1.807) is 0 Å². The number of aliphatic hydroxyl groups excluding tert-OH is 3. The van der Waals surface area contributed by atoms with Gasteiger partial charge in [0.05, 0.1) is 12.9 Å². The van der Waals surface area contributed by atoms with E-state index in [4.69, 9.17) is 30.3 Å². The molecule has 16 nitrogen and oxygen atoms in total. The van der Waals surface area contributed by atoms with Gasteiger partial charge in [0, 0.05) is 0 Å². The summed E-state index contributed by atoms with van der Waals surface area (Å²) in [4.78, 5) is 44.5. The Morgan fingerprint density at radius 2 is 1.83 bits per heavy atom. The fourth-order valence-corrected chi connectivity index (χ4v) is 3.38. The summed E-state index contributed by atoms with van der Waals surface area (Å²) in [5, 5.41) is 28.7. The third-order valence-corrected chi connectivity index (χ3v) is 5.06. The number of imidazole rings is 1. The van der Waals surface area contributed by atoms with Crippen LogP contribution >= 0.6 is 15.6 Å². The van der Waals surface area contributed by atoms with Crippen molar-refractivity contribution in [2.75, 3.05) is 12.3 Å². The first-order chi connectivity index (χ1) is 12.8. The summed E-state index contributed by atoms with van der Waals surface area (Å²) in [5.74, 6) is 0.218. The minimum absolute atomic E-state index is 0. The van der Waals surface area contributed by atoms with Gasteiger partial charge in [0.1, 0.15) is 30.2 Å². The zero-order chi connectivity index (χ0) is 21.3. The molecule has 3 heterocycles. The molecule has 0 saturated carbocycles. The molecule has 2 aromatic heterocycles. The molecule has 1 saturated heterocycles. The van der Waals surface area contributed by atoms with E-state index in [2.05, 4.69) is 19.3 Å². The molecule has 0 aromatic carbocycles. The zero-order valence-electron chi connectivity index (χ0n) is 14.7. The van der Waals surface area contributed by atoms with E-state index in [1.165, 1.54) is 17.2 Å². The zero-order valence-corrected chi connectivity index (χ0v) is 18.4. The number of fused-ring (bicyclic) bond motifs is 1. The van der Waals surface area contributed by atoms with Gasteiger partial charge in [-0.15, -0.1) is 0 Å².